The number of piperidine rings is 1. The van der Waals surface area contributed by atoms with Crippen molar-refractivity contribution in [3.8, 4) is 0 Å². The van der Waals surface area contributed by atoms with E-state index >= 15 is 0 Å². The zero-order valence-electron chi connectivity index (χ0n) is 16.0. The largest absolute Gasteiger partial charge is 0.481 e. The number of allylic oxidation sites excluding steroid dienone is 1. The Morgan fingerprint density at radius 2 is 2.12 bits per heavy atom. The molecule has 26 heavy (non-hydrogen) atoms. The summed E-state index contributed by atoms with van der Waals surface area (Å²) in [6.45, 7) is 4.94. The van der Waals surface area contributed by atoms with Crippen molar-refractivity contribution in [3.05, 3.63) is 11.6 Å². The fourth-order valence-corrected chi connectivity index (χ4v) is 8.51. The van der Waals surface area contributed by atoms with Gasteiger partial charge in [-0.15, -0.1) is 0 Å². The number of carbonyl (C=O) groups is 1. The quantitative estimate of drug-likeness (QED) is 0.756. The van der Waals surface area contributed by atoms with Crippen molar-refractivity contribution in [1.29, 1.82) is 0 Å². The Kier molecular flexibility index (Phi) is 3.85. The molecule has 144 valence electrons. The normalized spacial score (nSPS) is 49.5. The van der Waals surface area contributed by atoms with Gasteiger partial charge in [0.15, 0.2) is 0 Å². The second kappa shape index (κ2) is 5.81. The molecule has 2 N–H and O–H groups in total. The minimum atomic E-state index is -0.678. The molecule has 0 unspecified atom stereocenters. The Balaban J connectivity index is 1.73. The van der Waals surface area contributed by atoms with Gasteiger partial charge in [0, 0.05) is 43.0 Å². The highest BCUT2D eigenvalue weighted by Crippen LogP contribution is 2.72. The second-order valence-corrected chi connectivity index (χ2v) is 9.97. The van der Waals surface area contributed by atoms with Crippen LogP contribution in [-0.4, -0.2) is 46.8 Å². The van der Waals surface area contributed by atoms with Gasteiger partial charge in [-0.2, -0.15) is 0 Å². The molecule has 2 aliphatic heterocycles. The molecule has 5 rings (SSSR count). The first-order valence-electron chi connectivity index (χ1n) is 10.8. The standard InChI is InChI=1S/C22H33NO3/c1-14-11-23-12-16-6-5-15-3-2-4-18(15)22(10-8-19(25)26)20(23)17(14)7-9-21(16,22)13-24/h4,14-17,20,24H,2-3,5-13H2,1H3,(H,25,26)/t14-,15+,16+,17+,20-,21+,22-/m0/s1. The summed E-state index contributed by atoms with van der Waals surface area (Å²) in [5, 5.41) is 20.4. The first-order chi connectivity index (χ1) is 12.5. The number of rotatable bonds is 4. The smallest absolute Gasteiger partial charge is 0.303 e. The summed E-state index contributed by atoms with van der Waals surface area (Å²) < 4.78 is 0. The second-order valence-electron chi connectivity index (χ2n) is 9.97. The number of aliphatic hydroxyl groups is 1. The molecule has 0 aromatic heterocycles. The van der Waals surface area contributed by atoms with E-state index in [1.54, 1.807) is 5.57 Å². The summed E-state index contributed by atoms with van der Waals surface area (Å²) in [4.78, 5) is 14.4. The van der Waals surface area contributed by atoms with Crippen molar-refractivity contribution >= 4 is 5.97 Å². The van der Waals surface area contributed by atoms with Crippen molar-refractivity contribution < 1.29 is 15.0 Å². The lowest BCUT2D eigenvalue weighted by molar-refractivity contribution is -0.176. The van der Waals surface area contributed by atoms with E-state index < -0.39 is 5.97 Å². The molecule has 3 aliphatic carbocycles. The van der Waals surface area contributed by atoms with E-state index in [1.165, 1.54) is 32.2 Å². The first-order valence-corrected chi connectivity index (χ1v) is 10.8. The van der Waals surface area contributed by atoms with Gasteiger partial charge >= 0.3 is 5.97 Å². The lowest BCUT2D eigenvalue weighted by Crippen LogP contribution is -2.69. The van der Waals surface area contributed by atoms with Crippen molar-refractivity contribution in [2.75, 3.05) is 19.7 Å². The molecule has 2 saturated heterocycles. The maximum atomic E-state index is 11.6. The molecule has 0 spiro atoms. The Morgan fingerprint density at radius 3 is 2.88 bits per heavy atom. The Bertz CT molecular complexity index is 645. The predicted molar refractivity (Wildman–Crippen MR) is 99.6 cm³/mol. The minimum absolute atomic E-state index is 0.0882. The number of aliphatic carboxylic acids is 1. The van der Waals surface area contributed by atoms with Crippen LogP contribution in [0.3, 0.4) is 0 Å². The monoisotopic (exact) mass is 359 g/mol. The number of carboxylic acid groups (broad SMARTS) is 1. The van der Waals surface area contributed by atoms with Gasteiger partial charge in [-0.05, 0) is 68.6 Å². The number of carboxylic acids is 1. The van der Waals surface area contributed by atoms with E-state index in [0.29, 0.717) is 29.7 Å². The molecule has 0 aromatic rings. The van der Waals surface area contributed by atoms with Gasteiger partial charge < -0.3 is 10.2 Å². The van der Waals surface area contributed by atoms with Crippen LogP contribution in [0.2, 0.25) is 0 Å². The molecule has 4 heteroatoms. The summed E-state index contributed by atoms with van der Waals surface area (Å²) >= 11 is 0. The summed E-state index contributed by atoms with van der Waals surface area (Å²) in [7, 11) is 0. The molecule has 4 bridgehead atoms. The molecule has 0 amide bonds. The first kappa shape index (κ1) is 17.2. The third kappa shape index (κ3) is 1.95. The average Bonchev–Trinajstić information content (AvgIpc) is 3.20. The summed E-state index contributed by atoms with van der Waals surface area (Å²) in [5.41, 5.74) is 1.38. The molecule has 2 heterocycles. The number of nitrogens with zero attached hydrogens (tertiary/aromatic N) is 1. The van der Waals surface area contributed by atoms with E-state index in [9.17, 15) is 15.0 Å². The molecule has 0 aromatic carbocycles. The number of fused-ring (bicyclic) bond motifs is 1. The van der Waals surface area contributed by atoms with Gasteiger partial charge in [0.05, 0.1) is 0 Å². The van der Waals surface area contributed by atoms with Crippen molar-refractivity contribution in [2.24, 2.45) is 34.5 Å². The van der Waals surface area contributed by atoms with E-state index in [4.69, 9.17) is 0 Å². The lowest BCUT2D eigenvalue weighted by atomic mass is 9.42. The van der Waals surface area contributed by atoms with Crippen LogP contribution >= 0.6 is 0 Å². The highest BCUT2D eigenvalue weighted by Gasteiger charge is 2.71. The van der Waals surface area contributed by atoms with Crippen LogP contribution in [0.25, 0.3) is 0 Å². The van der Waals surface area contributed by atoms with E-state index in [-0.39, 0.29) is 23.9 Å². The molecule has 7 atom stereocenters. The maximum Gasteiger partial charge on any atom is 0.303 e. The zero-order valence-corrected chi connectivity index (χ0v) is 16.0. The van der Waals surface area contributed by atoms with Crippen LogP contribution < -0.4 is 0 Å². The molecular weight excluding hydrogens is 326 g/mol. The zero-order chi connectivity index (χ0) is 18.1. The highest BCUT2D eigenvalue weighted by atomic mass is 16.4. The van der Waals surface area contributed by atoms with Crippen LogP contribution in [-0.2, 0) is 4.79 Å². The molecule has 5 aliphatic rings. The van der Waals surface area contributed by atoms with Gasteiger partial charge in [-0.25, -0.2) is 0 Å². The van der Waals surface area contributed by atoms with Gasteiger partial charge in [0.1, 0.15) is 0 Å². The summed E-state index contributed by atoms with van der Waals surface area (Å²) in [5.74, 6) is 1.84. The van der Waals surface area contributed by atoms with Gasteiger partial charge in [0.2, 0.25) is 0 Å². The van der Waals surface area contributed by atoms with E-state index in [0.717, 1.165) is 25.8 Å². The van der Waals surface area contributed by atoms with Gasteiger partial charge in [0.25, 0.3) is 0 Å². The van der Waals surface area contributed by atoms with Crippen LogP contribution in [0.5, 0.6) is 0 Å². The molecular formula is C22H33NO3. The summed E-state index contributed by atoms with van der Waals surface area (Å²) in [6, 6.07) is 0.457. The minimum Gasteiger partial charge on any atom is -0.481 e. The fourth-order valence-electron chi connectivity index (χ4n) is 8.51. The van der Waals surface area contributed by atoms with Crippen molar-refractivity contribution in [2.45, 2.75) is 64.3 Å². The third-order valence-corrected chi connectivity index (χ3v) is 9.32. The molecule has 4 fully saturated rings. The summed E-state index contributed by atoms with van der Waals surface area (Å²) in [6.07, 6.45) is 10.6. The number of aliphatic hydroxyl groups excluding tert-OH is 1. The Morgan fingerprint density at radius 1 is 1.27 bits per heavy atom. The predicted octanol–water partition coefficient (Wildman–Crippen LogP) is 3.31. The van der Waals surface area contributed by atoms with Crippen molar-refractivity contribution in [1.82, 2.24) is 4.90 Å². The SMILES string of the molecule is C[C@H]1CN2C[C@H]3CC[C@H]4CCC=C4[C@@]4(CCC(=O)O)[C@@H]2[C@@H]1CC[C@@]34CO. The highest BCUT2D eigenvalue weighted by molar-refractivity contribution is 5.67. The van der Waals surface area contributed by atoms with Crippen LogP contribution in [0.15, 0.2) is 11.6 Å². The number of hydrogen-bond acceptors (Lipinski definition) is 3. The molecule has 4 nitrogen and oxygen atoms in total. The topological polar surface area (TPSA) is 60.8 Å². The number of hydrogen-bond donors (Lipinski definition) is 2. The maximum absolute atomic E-state index is 11.6. The van der Waals surface area contributed by atoms with Crippen molar-refractivity contribution in [3.63, 3.8) is 0 Å². The van der Waals surface area contributed by atoms with E-state index in [2.05, 4.69) is 17.9 Å². The fraction of sp³-hybridized carbons (Fsp3) is 0.864. The Hall–Kier alpha value is -0.870. The lowest BCUT2D eigenvalue weighted by Gasteiger charge is -2.67. The van der Waals surface area contributed by atoms with Gasteiger partial charge in [-0.1, -0.05) is 18.6 Å². The van der Waals surface area contributed by atoms with Crippen LogP contribution in [0, 0.1) is 34.5 Å². The molecule has 0 radical (unpaired) electrons. The Labute approximate surface area is 156 Å². The third-order valence-electron chi connectivity index (χ3n) is 9.32. The van der Waals surface area contributed by atoms with Crippen LogP contribution in [0.1, 0.15) is 58.3 Å². The van der Waals surface area contributed by atoms with Crippen LogP contribution in [0.4, 0.5) is 0 Å². The van der Waals surface area contributed by atoms with Gasteiger partial charge in [-0.3, -0.25) is 9.69 Å². The van der Waals surface area contributed by atoms with E-state index in [1.807, 2.05) is 0 Å². The average molecular weight is 360 g/mol. The molecule has 2 saturated carbocycles.